The zero-order valence-electron chi connectivity index (χ0n) is 18.6. The van der Waals surface area contributed by atoms with E-state index in [1.54, 1.807) is 18.2 Å². The standard InChI is InChI=1S/C18H25NO.C6H14N2O2/c1-19-10-9-18-8-4-3-5-15(18)17(19)11-13-6-7-14(20-2)12-16(13)18;7-4-2-1-3-5(8)6(9)10/h6-7,12,15,17H,3-5,8-11H2,1-2H3;5H,1-4,7-8H2,(H,9,10)/t15-,17-,18+;/m1./s1. The van der Waals surface area contributed by atoms with E-state index in [0.717, 1.165) is 30.6 Å². The maximum atomic E-state index is 10.1. The summed E-state index contributed by atoms with van der Waals surface area (Å²) in [5, 5.41) is 8.33. The van der Waals surface area contributed by atoms with Crippen molar-refractivity contribution < 1.29 is 14.6 Å². The average molecular weight is 418 g/mol. The highest BCUT2D eigenvalue weighted by molar-refractivity contribution is 5.72. The van der Waals surface area contributed by atoms with E-state index in [0.29, 0.717) is 18.4 Å². The summed E-state index contributed by atoms with van der Waals surface area (Å²) >= 11 is 0. The first-order valence-electron chi connectivity index (χ1n) is 11.5. The van der Waals surface area contributed by atoms with Gasteiger partial charge in [-0.25, -0.2) is 0 Å². The van der Waals surface area contributed by atoms with Crippen LogP contribution in [0.5, 0.6) is 5.75 Å². The van der Waals surface area contributed by atoms with Crippen molar-refractivity contribution in [3.8, 4) is 5.75 Å². The van der Waals surface area contributed by atoms with E-state index in [1.807, 2.05) is 0 Å². The summed E-state index contributed by atoms with van der Waals surface area (Å²) in [5.74, 6) is 0.978. The van der Waals surface area contributed by atoms with Crippen LogP contribution in [-0.4, -0.2) is 55.3 Å². The van der Waals surface area contributed by atoms with Crippen LogP contribution in [0.15, 0.2) is 18.2 Å². The van der Waals surface area contributed by atoms with Gasteiger partial charge in [-0.15, -0.1) is 0 Å². The number of fused-ring (bicyclic) bond motifs is 1. The molecule has 4 rings (SSSR count). The van der Waals surface area contributed by atoms with Crippen molar-refractivity contribution in [1.82, 2.24) is 4.90 Å². The number of unbranched alkanes of at least 4 members (excludes halogenated alkanes) is 1. The Labute approximate surface area is 180 Å². The highest BCUT2D eigenvalue weighted by Gasteiger charge is 2.53. The number of aliphatic carboxylic acids is 1. The first kappa shape index (κ1) is 23.0. The lowest BCUT2D eigenvalue weighted by Crippen LogP contribution is -2.59. The Balaban J connectivity index is 0.000000220. The maximum Gasteiger partial charge on any atom is 0.320 e. The van der Waals surface area contributed by atoms with Crippen molar-refractivity contribution in [2.75, 3.05) is 27.2 Å². The van der Waals surface area contributed by atoms with E-state index in [-0.39, 0.29) is 0 Å². The number of rotatable bonds is 6. The molecule has 5 N–H and O–H groups in total. The molecule has 6 nitrogen and oxygen atoms in total. The number of carboxylic acids is 1. The van der Waals surface area contributed by atoms with Gasteiger partial charge in [0.1, 0.15) is 11.8 Å². The van der Waals surface area contributed by atoms with Crippen molar-refractivity contribution in [2.24, 2.45) is 17.4 Å². The summed E-state index contributed by atoms with van der Waals surface area (Å²) in [5.41, 5.74) is 14.1. The quantitative estimate of drug-likeness (QED) is 0.615. The second-order valence-electron chi connectivity index (χ2n) is 9.26. The number of hydrogen-bond donors (Lipinski definition) is 3. The molecule has 0 amide bonds. The van der Waals surface area contributed by atoms with Crippen LogP contribution in [0.2, 0.25) is 0 Å². The summed E-state index contributed by atoms with van der Waals surface area (Å²) in [7, 11) is 4.12. The molecule has 2 bridgehead atoms. The van der Waals surface area contributed by atoms with E-state index in [4.69, 9.17) is 21.3 Å². The first-order valence-corrected chi connectivity index (χ1v) is 11.5. The minimum atomic E-state index is -0.933. The van der Waals surface area contributed by atoms with E-state index in [2.05, 4.69) is 30.1 Å². The number of likely N-dealkylation sites (tertiary alicyclic amines) is 1. The Morgan fingerprint density at radius 2 is 2.13 bits per heavy atom. The maximum absolute atomic E-state index is 10.1. The molecular weight excluding hydrogens is 378 g/mol. The lowest BCUT2D eigenvalue weighted by molar-refractivity contribution is -0.138. The number of carboxylic acid groups (broad SMARTS) is 1. The molecule has 2 aliphatic carbocycles. The Morgan fingerprint density at radius 3 is 2.83 bits per heavy atom. The zero-order valence-corrected chi connectivity index (χ0v) is 18.6. The summed E-state index contributed by atoms with van der Waals surface area (Å²) in [6.07, 6.45) is 10.4. The number of nitrogens with two attached hydrogens (primary N) is 2. The van der Waals surface area contributed by atoms with Gasteiger partial charge in [-0.1, -0.05) is 25.3 Å². The number of methoxy groups -OCH3 is 1. The van der Waals surface area contributed by atoms with Gasteiger partial charge in [-0.05, 0) is 87.8 Å². The molecule has 0 spiro atoms. The molecule has 1 heterocycles. The molecule has 3 aliphatic rings. The third kappa shape index (κ3) is 4.66. The van der Waals surface area contributed by atoms with Crippen molar-refractivity contribution >= 4 is 5.97 Å². The van der Waals surface area contributed by atoms with Crippen LogP contribution in [0.4, 0.5) is 0 Å². The fraction of sp³-hybridized carbons (Fsp3) is 0.708. The smallest absolute Gasteiger partial charge is 0.320 e. The molecule has 1 saturated heterocycles. The number of piperidine rings is 1. The topological polar surface area (TPSA) is 102 Å². The second-order valence-corrected chi connectivity index (χ2v) is 9.26. The lowest BCUT2D eigenvalue weighted by atomic mass is 9.52. The van der Waals surface area contributed by atoms with Crippen LogP contribution in [0.3, 0.4) is 0 Å². The predicted octanol–water partition coefficient (Wildman–Crippen LogP) is 2.91. The minimum absolute atomic E-state index is 0.456. The van der Waals surface area contributed by atoms with Gasteiger partial charge in [0.05, 0.1) is 7.11 Å². The van der Waals surface area contributed by atoms with Gasteiger partial charge in [-0.3, -0.25) is 4.79 Å². The minimum Gasteiger partial charge on any atom is -0.497 e. The summed E-state index contributed by atoms with van der Waals surface area (Å²) in [4.78, 5) is 12.8. The molecular formula is C24H39N3O3. The Bertz CT molecular complexity index is 726. The third-order valence-corrected chi connectivity index (χ3v) is 7.61. The van der Waals surface area contributed by atoms with Gasteiger partial charge in [0.15, 0.2) is 0 Å². The highest BCUT2D eigenvalue weighted by atomic mass is 16.5. The van der Waals surface area contributed by atoms with Crippen molar-refractivity contribution in [1.29, 1.82) is 0 Å². The number of hydrogen-bond acceptors (Lipinski definition) is 5. The molecule has 168 valence electrons. The van der Waals surface area contributed by atoms with Gasteiger partial charge in [0, 0.05) is 11.5 Å². The Morgan fingerprint density at radius 1 is 1.33 bits per heavy atom. The van der Waals surface area contributed by atoms with Crippen LogP contribution < -0.4 is 16.2 Å². The molecule has 1 unspecified atom stereocenters. The summed E-state index contributed by atoms with van der Waals surface area (Å²) in [6.45, 7) is 1.87. The number of carbonyl (C=O) groups is 1. The zero-order chi connectivity index (χ0) is 21.7. The molecule has 30 heavy (non-hydrogen) atoms. The second kappa shape index (κ2) is 10.1. The fourth-order valence-electron chi connectivity index (χ4n) is 5.93. The van der Waals surface area contributed by atoms with E-state index >= 15 is 0 Å². The monoisotopic (exact) mass is 417 g/mol. The number of nitrogens with zero attached hydrogens (tertiary/aromatic N) is 1. The van der Waals surface area contributed by atoms with E-state index in [9.17, 15) is 4.79 Å². The van der Waals surface area contributed by atoms with Gasteiger partial charge >= 0.3 is 5.97 Å². The molecule has 2 fully saturated rings. The normalized spacial score (nSPS) is 28.4. The van der Waals surface area contributed by atoms with Crippen molar-refractivity contribution in [2.45, 2.75) is 75.3 Å². The van der Waals surface area contributed by atoms with E-state index in [1.165, 1.54) is 45.1 Å². The van der Waals surface area contributed by atoms with Crippen molar-refractivity contribution in [3.63, 3.8) is 0 Å². The largest absolute Gasteiger partial charge is 0.497 e. The Hall–Kier alpha value is -1.63. The third-order valence-electron chi connectivity index (χ3n) is 7.61. The number of benzene rings is 1. The van der Waals surface area contributed by atoms with Gasteiger partial charge < -0.3 is 26.2 Å². The SMILES string of the molecule is COc1ccc2c(c1)[C@]13CCCC[C@@H]1[C@@H](C2)N(C)CC3.NCCCCC(N)C(=O)O. The van der Waals surface area contributed by atoms with Gasteiger partial charge in [-0.2, -0.15) is 0 Å². The number of likely N-dealkylation sites (N-methyl/N-ethyl adjacent to an activating group) is 1. The molecule has 1 aromatic rings. The Kier molecular flexibility index (Phi) is 7.77. The average Bonchev–Trinajstić information content (AvgIpc) is 2.76. The molecule has 1 saturated carbocycles. The molecule has 1 aliphatic heterocycles. The number of ether oxygens (including phenoxy) is 1. The summed E-state index contributed by atoms with van der Waals surface area (Å²) < 4.78 is 5.51. The van der Waals surface area contributed by atoms with Gasteiger partial charge in [0.25, 0.3) is 0 Å². The summed E-state index contributed by atoms with van der Waals surface area (Å²) in [6, 6.07) is 6.88. The molecule has 6 heteroatoms. The predicted molar refractivity (Wildman–Crippen MR) is 120 cm³/mol. The molecule has 0 radical (unpaired) electrons. The van der Waals surface area contributed by atoms with Crippen LogP contribution in [-0.2, 0) is 16.6 Å². The lowest BCUT2D eigenvalue weighted by Gasteiger charge is -2.58. The van der Waals surface area contributed by atoms with Crippen LogP contribution >= 0.6 is 0 Å². The van der Waals surface area contributed by atoms with Gasteiger partial charge in [0.2, 0.25) is 0 Å². The van der Waals surface area contributed by atoms with E-state index < -0.39 is 12.0 Å². The van der Waals surface area contributed by atoms with Crippen LogP contribution in [0.1, 0.15) is 62.5 Å². The molecule has 1 aromatic carbocycles. The van der Waals surface area contributed by atoms with Crippen LogP contribution in [0.25, 0.3) is 0 Å². The fourth-order valence-corrected chi connectivity index (χ4v) is 5.93. The van der Waals surface area contributed by atoms with Crippen LogP contribution in [0, 0.1) is 5.92 Å². The molecule has 0 aromatic heterocycles. The highest BCUT2D eigenvalue weighted by Crippen LogP contribution is 2.55. The van der Waals surface area contributed by atoms with Crippen molar-refractivity contribution in [3.05, 3.63) is 29.3 Å². The first-order chi connectivity index (χ1) is 14.4. The molecule has 4 atom stereocenters.